The molecule has 0 rings (SSSR count). The fourth-order valence-corrected chi connectivity index (χ4v) is 8.82. The minimum absolute atomic E-state index is 0.0276. The highest BCUT2D eigenvalue weighted by atomic mass is 127. The topological polar surface area (TPSA) is 306 Å². The number of halogens is 1. The maximum absolute atomic E-state index is 12.3. The molecule has 0 aliphatic carbocycles. The largest absolute Gasteiger partial charge is 0.481 e. The van der Waals surface area contributed by atoms with Crippen LogP contribution in [-0.4, -0.2) is 165 Å². The number of carboxylic acids is 3. The number of hydrogen-bond donors (Lipinski definition) is 10. The Kier molecular flexibility index (Phi) is 59.7. The van der Waals surface area contributed by atoms with Crippen LogP contribution in [-0.2, 0) is 57.3 Å². The van der Waals surface area contributed by atoms with Crippen LogP contribution in [0.4, 0.5) is 0 Å². The number of thiol groups is 1. The minimum atomic E-state index is -1.18. The van der Waals surface area contributed by atoms with Gasteiger partial charge in [-0.1, -0.05) is 113 Å². The molecule has 0 aromatic rings. The lowest BCUT2D eigenvalue weighted by Gasteiger charge is -2.14. The number of hydrogen-bond acceptors (Lipinski definition) is 15. The summed E-state index contributed by atoms with van der Waals surface area (Å²) in [4.78, 5) is 91.9. The van der Waals surface area contributed by atoms with Gasteiger partial charge in [0.05, 0.1) is 45.7 Å². The Morgan fingerprint density at radius 3 is 1.31 bits per heavy atom. The van der Waals surface area contributed by atoms with Gasteiger partial charge in [0.25, 0.3) is 0 Å². The van der Waals surface area contributed by atoms with Crippen molar-refractivity contribution < 1.29 is 72.6 Å². The molecule has 21 nitrogen and oxygen atoms in total. The highest BCUT2D eigenvalue weighted by molar-refractivity contribution is 14.1. The van der Waals surface area contributed by atoms with Crippen molar-refractivity contribution in [3.05, 3.63) is 0 Å². The van der Waals surface area contributed by atoms with E-state index in [4.69, 9.17) is 29.2 Å². The third kappa shape index (κ3) is 55.8. The zero-order valence-corrected chi connectivity index (χ0v) is 49.6. The molecule has 9 N–H and O–H groups in total. The second kappa shape index (κ2) is 58.3. The Morgan fingerprint density at radius 1 is 0.500 bits per heavy atom. The first-order valence-electron chi connectivity index (χ1n) is 26.3. The predicted octanol–water partition coefficient (Wildman–Crippen LogP) is 6.00. The van der Waals surface area contributed by atoms with Crippen LogP contribution in [0.2, 0.25) is 0 Å². The summed E-state index contributed by atoms with van der Waals surface area (Å²) in [5, 5.41) is 40.2. The molecule has 434 valence electrons. The normalized spacial score (nSPS) is 11.9. The van der Waals surface area contributed by atoms with Gasteiger partial charge in [-0.05, 0) is 44.8 Å². The van der Waals surface area contributed by atoms with Gasteiger partial charge < -0.3 is 55.5 Å². The molecule has 4 amide bonds. The standard InChI is InChI=1S/C43H80N5O14P.C4H8INOS2.C2H6/c49-37(23-22-35(42(55)56)47-38(50)20-15-13-11-9-7-5-3-1-2-4-6-8-10-12-14-16-21-41(53)54)45-25-27-59-29-32-62-34-40(52)46-26-28-60-30-31-61-33-39(51)44-24-18-17-19-36(48-63)43(57)58;1-9-2-3(6-5)4(7)8;1-2/h35-36,48H,1-34,63H2,(H,44,51)(H,45,49)(H,46,52)(H,47,50)(H,53,54)(H,55,56)(H,57,58);3,6H,2H2,1H3,(H,7,8);1-2H3. The Morgan fingerprint density at radius 2 is 0.919 bits per heavy atom. The van der Waals surface area contributed by atoms with Crippen molar-refractivity contribution in [1.82, 2.24) is 29.9 Å². The number of unbranched alkanes of at least 4 members (excludes halogenated alkanes) is 16. The summed E-state index contributed by atoms with van der Waals surface area (Å²) in [5.74, 6) is -3.31. The molecule has 0 radical (unpaired) electrons. The van der Waals surface area contributed by atoms with Crippen molar-refractivity contribution in [3.63, 3.8) is 0 Å². The molecule has 0 spiro atoms. The maximum Gasteiger partial charge on any atom is 0.326 e. The van der Waals surface area contributed by atoms with Crippen LogP contribution in [0, 0.1) is 0 Å². The molecule has 0 heterocycles. The number of thioether (sulfide) groups is 1. The molecular weight excluding hydrogens is 1130 g/mol. The second-order valence-corrected chi connectivity index (χ2v) is 19.2. The lowest BCUT2D eigenvalue weighted by molar-refractivity contribution is -0.142. The Bertz CT molecular complexity index is 1450. The van der Waals surface area contributed by atoms with Crippen molar-refractivity contribution in [3.8, 4) is 0 Å². The van der Waals surface area contributed by atoms with Gasteiger partial charge in [0.15, 0.2) is 0 Å². The predicted molar refractivity (Wildman–Crippen MR) is 305 cm³/mol. The Labute approximate surface area is 467 Å². The molecule has 0 aliphatic rings. The van der Waals surface area contributed by atoms with Crippen molar-refractivity contribution in [2.75, 3.05) is 84.5 Å². The summed E-state index contributed by atoms with van der Waals surface area (Å²) in [7, 11) is 2.19. The van der Waals surface area contributed by atoms with Gasteiger partial charge in [-0.15, -0.1) is 12.6 Å². The average molecular weight is 1230 g/mol. The second-order valence-electron chi connectivity index (χ2n) is 16.9. The average Bonchev–Trinajstić information content (AvgIpc) is 3.37. The van der Waals surface area contributed by atoms with Crippen molar-refractivity contribution in [1.29, 1.82) is 0 Å². The molecule has 0 fully saturated rings. The molecule has 0 saturated carbocycles. The van der Waals surface area contributed by atoms with Crippen LogP contribution < -0.4 is 29.9 Å². The van der Waals surface area contributed by atoms with Gasteiger partial charge in [-0.3, -0.25) is 38.6 Å². The van der Waals surface area contributed by atoms with E-state index in [1.54, 1.807) is 11.8 Å². The van der Waals surface area contributed by atoms with Crippen LogP contribution in [0.1, 0.15) is 162 Å². The Balaban J connectivity index is -0.00000410. The van der Waals surface area contributed by atoms with Gasteiger partial charge in [-0.2, -0.15) is 11.8 Å². The molecular formula is C49H94IN6O15PS2. The summed E-state index contributed by atoms with van der Waals surface area (Å²) < 4.78 is 24.1. The van der Waals surface area contributed by atoms with Crippen molar-refractivity contribution in [2.45, 2.75) is 180 Å². The smallest absolute Gasteiger partial charge is 0.326 e. The van der Waals surface area contributed by atoms with E-state index < -0.39 is 30.0 Å². The highest BCUT2D eigenvalue weighted by Gasteiger charge is 2.21. The first kappa shape index (κ1) is 75.8. The third-order valence-corrected chi connectivity index (χ3v) is 12.8. The fraction of sp³-hybridized carbons (Fsp3) is 0.837. The summed E-state index contributed by atoms with van der Waals surface area (Å²) >= 11 is 7.27. The lowest BCUT2D eigenvalue weighted by atomic mass is 10.0. The molecule has 0 aromatic heterocycles. The lowest BCUT2D eigenvalue weighted by Crippen LogP contribution is -2.41. The number of carboxylic acid groups (broad SMARTS) is 3. The highest BCUT2D eigenvalue weighted by Crippen LogP contribution is 2.15. The molecule has 0 aromatic carbocycles. The quantitative estimate of drug-likeness (QED) is 0.0110. The molecule has 0 aliphatic heterocycles. The van der Waals surface area contributed by atoms with Crippen molar-refractivity contribution in [2.24, 2.45) is 0 Å². The van der Waals surface area contributed by atoms with Gasteiger partial charge >= 0.3 is 17.9 Å². The van der Waals surface area contributed by atoms with Crippen LogP contribution in [0.15, 0.2) is 0 Å². The number of carbonyl (C=O) groups excluding carboxylic acids is 5. The molecule has 25 heteroatoms. The van der Waals surface area contributed by atoms with Crippen LogP contribution in [0.5, 0.6) is 0 Å². The SMILES string of the molecule is CC.CSCC(NI)C(=O)S.O=C(O)CCCCCCCCCCCCCCCCCCC(=O)NC(CCC(=O)NCCOCCOCC(=O)NCCOCCOCC(=O)NCCCCC(NP)C(=O)O)C(=O)O. The molecule has 0 saturated heterocycles. The fourth-order valence-electron chi connectivity index (χ4n) is 6.62. The van der Waals surface area contributed by atoms with Gasteiger partial charge in [-0.25, -0.2) is 8.32 Å². The number of amides is 4. The number of ether oxygens (including phenoxy) is 4. The van der Waals surface area contributed by atoms with E-state index in [9.17, 15) is 43.5 Å². The molecule has 4 unspecified atom stereocenters. The summed E-state index contributed by atoms with van der Waals surface area (Å²) in [5.41, 5.74) is 0. The summed E-state index contributed by atoms with van der Waals surface area (Å²) in [6, 6.07) is -1.88. The molecule has 4 atom stereocenters. The van der Waals surface area contributed by atoms with E-state index in [0.717, 1.165) is 44.3 Å². The van der Waals surface area contributed by atoms with E-state index in [0.29, 0.717) is 32.2 Å². The zero-order chi connectivity index (χ0) is 55.9. The zero-order valence-electron chi connectivity index (χ0n) is 44.5. The third-order valence-electron chi connectivity index (χ3n) is 10.7. The van der Waals surface area contributed by atoms with E-state index in [2.05, 4.69) is 51.9 Å². The van der Waals surface area contributed by atoms with E-state index in [1.165, 1.54) is 57.8 Å². The van der Waals surface area contributed by atoms with Crippen LogP contribution in [0.25, 0.3) is 0 Å². The molecule has 74 heavy (non-hydrogen) atoms. The minimum Gasteiger partial charge on any atom is -0.481 e. The van der Waals surface area contributed by atoms with Gasteiger partial charge in [0, 0.05) is 67.5 Å². The van der Waals surface area contributed by atoms with E-state index in [-0.39, 0.29) is 126 Å². The first-order valence-corrected chi connectivity index (χ1v) is 29.8. The van der Waals surface area contributed by atoms with Crippen LogP contribution in [0.3, 0.4) is 0 Å². The number of nitrogens with one attached hydrogen (secondary N) is 6. The monoisotopic (exact) mass is 1230 g/mol. The van der Waals surface area contributed by atoms with E-state index in [1.807, 2.05) is 43.0 Å². The van der Waals surface area contributed by atoms with Gasteiger partial charge in [0.1, 0.15) is 25.3 Å². The Hall–Kier alpha value is -2.42. The van der Waals surface area contributed by atoms with E-state index >= 15 is 0 Å². The number of carbonyl (C=O) groups is 8. The summed E-state index contributed by atoms with van der Waals surface area (Å²) in [6.45, 7) is 5.85. The van der Waals surface area contributed by atoms with Crippen molar-refractivity contribution >= 4 is 103 Å². The molecule has 0 bridgehead atoms. The van der Waals surface area contributed by atoms with Gasteiger partial charge in [0.2, 0.25) is 28.7 Å². The number of aliphatic carboxylic acids is 3. The van der Waals surface area contributed by atoms with Crippen LogP contribution >= 0.6 is 56.6 Å². The number of rotatable bonds is 51. The maximum atomic E-state index is 12.3. The summed E-state index contributed by atoms with van der Waals surface area (Å²) in [6.07, 6.45) is 22.0. The first-order chi connectivity index (χ1) is 35.7.